The molecule has 0 saturated carbocycles. The standard InChI is InChI=1S/C15H20N2/c1-11-12(2)17(10-16-11)14-9-7-6-8-13(14)15(3,4)5/h6-10H,1-5H3. The molecule has 2 aromatic rings. The van der Waals surface area contributed by atoms with Crippen LogP contribution in [0.3, 0.4) is 0 Å². The molecule has 0 spiro atoms. The maximum absolute atomic E-state index is 4.38. The lowest BCUT2D eigenvalue weighted by molar-refractivity contribution is 0.586. The summed E-state index contributed by atoms with van der Waals surface area (Å²) in [4.78, 5) is 4.38. The van der Waals surface area contributed by atoms with Crippen molar-refractivity contribution in [3.05, 3.63) is 47.5 Å². The van der Waals surface area contributed by atoms with Crippen molar-refractivity contribution in [2.24, 2.45) is 0 Å². The highest BCUT2D eigenvalue weighted by Gasteiger charge is 2.19. The second kappa shape index (κ2) is 4.02. The van der Waals surface area contributed by atoms with E-state index in [9.17, 15) is 0 Å². The monoisotopic (exact) mass is 228 g/mol. The summed E-state index contributed by atoms with van der Waals surface area (Å²) in [6.07, 6.45) is 1.91. The summed E-state index contributed by atoms with van der Waals surface area (Å²) < 4.78 is 2.18. The summed E-state index contributed by atoms with van der Waals surface area (Å²) in [5.41, 5.74) is 5.02. The van der Waals surface area contributed by atoms with Gasteiger partial charge in [0, 0.05) is 5.69 Å². The van der Waals surface area contributed by atoms with Gasteiger partial charge < -0.3 is 4.57 Å². The molecule has 0 aliphatic carbocycles. The van der Waals surface area contributed by atoms with Crippen LogP contribution in [0, 0.1) is 13.8 Å². The Balaban J connectivity index is 2.64. The van der Waals surface area contributed by atoms with Gasteiger partial charge in [0.1, 0.15) is 0 Å². The predicted molar refractivity (Wildman–Crippen MR) is 71.7 cm³/mol. The van der Waals surface area contributed by atoms with E-state index in [4.69, 9.17) is 0 Å². The summed E-state index contributed by atoms with van der Waals surface area (Å²) in [5, 5.41) is 0. The molecule has 0 amide bonds. The molecule has 1 aromatic carbocycles. The number of nitrogens with zero attached hydrogens (tertiary/aromatic N) is 2. The number of aromatic nitrogens is 2. The quantitative estimate of drug-likeness (QED) is 0.726. The van der Waals surface area contributed by atoms with Crippen LogP contribution in [0.2, 0.25) is 0 Å². The Kier molecular flexibility index (Phi) is 2.82. The van der Waals surface area contributed by atoms with Gasteiger partial charge in [-0.2, -0.15) is 0 Å². The van der Waals surface area contributed by atoms with Gasteiger partial charge in [0.05, 0.1) is 17.7 Å². The maximum Gasteiger partial charge on any atom is 0.0997 e. The first-order chi connectivity index (χ1) is 7.91. The Bertz CT molecular complexity index is 530. The van der Waals surface area contributed by atoms with Crippen LogP contribution in [0.25, 0.3) is 5.69 Å². The zero-order valence-electron chi connectivity index (χ0n) is 11.3. The first-order valence-electron chi connectivity index (χ1n) is 6.01. The van der Waals surface area contributed by atoms with Crippen LogP contribution in [-0.2, 0) is 5.41 Å². The van der Waals surface area contributed by atoms with Crippen molar-refractivity contribution in [3.8, 4) is 5.69 Å². The molecule has 0 unspecified atom stereocenters. The van der Waals surface area contributed by atoms with Crippen LogP contribution < -0.4 is 0 Å². The fourth-order valence-corrected chi connectivity index (χ4v) is 2.06. The predicted octanol–water partition coefficient (Wildman–Crippen LogP) is 3.79. The first-order valence-corrected chi connectivity index (χ1v) is 6.01. The largest absolute Gasteiger partial charge is 0.303 e. The zero-order valence-corrected chi connectivity index (χ0v) is 11.3. The Labute approximate surface area is 103 Å². The van der Waals surface area contributed by atoms with Gasteiger partial charge in [0.25, 0.3) is 0 Å². The van der Waals surface area contributed by atoms with E-state index in [0.717, 1.165) is 5.69 Å². The topological polar surface area (TPSA) is 17.8 Å². The van der Waals surface area contributed by atoms with Crippen molar-refractivity contribution < 1.29 is 0 Å². The molecule has 0 radical (unpaired) electrons. The highest BCUT2D eigenvalue weighted by molar-refractivity contribution is 5.46. The lowest BCUT2D eigenvalue weighted by Crippen LogP contribution is -2.15. The fourth-order valence-electron chi connectivity index (χ4n) is 2.06. The third-order valence-electron chi connectivity index (χ3n) is 3.22. The van der Waals surface area contributed by atoms with Crippen molar-refractivity contribution in [2.75, 3.05) is 0 Å². The summed E-state index contributed by atoms with van der Waals surface area (Å²) in [6, 6.07) is 8.54. The van der Waals surface area contributed by atoms with E-state index in [0.29, 0.717) is 0 Å². The molecule has 0 aliphatic heterocycles. The van der Waals surface area contributed by atoms with Crippen molar-refractivity contribution in [3.63, 3.8) is 0 Å². The second-order valence-electron chi connectivity index (χ2n) is 5.55. The van der Waals surface area contributed by atoms with Crippen molar-refractivity contribution in [1.82, 2.24) is 9.55 Å². The summed E-state index contributed by atoms with van der Waals surface area (Å²) in [7, 11) is 0. The second-order valence-corrected chi connectivity index (χ2v) is 5.55. The minimum atomic E-state index is 0.140. The molecule has 2 nitrogen and oxygen atoms in total. The average molecular weight is 228 g/mol. The van der Waals surface area contributed by atoms with E-state index in [-0.39, 0.29) is 5.41 Å². The number of rotatable bonds is 1. The van der Waals surface area contributed by atoms with E-state index in [1.54, 1.807) is 0 Å². The smallest absolute Gasteiger partial charge is 0.0997 e. The number of imidazole rings is 1. The zero-order chi connectivity index (χ0) is 12.6. The minimum absolute atomic E-state index is 0.140. The molecule has 1 aromatic heterocycles. The van der Waals surface area contributed by atoms with Crippen LogP contribution in [-0.4, -0.2) is 9.55 Å². The summed E-state index contributed by atoms with van der Waals surface area (Å²) >= 11 is 0. The summed E-state index contributed by atoms with van der Waals surface area (Å²) in [6.45, 7) is 10.9. The molecule has 0 bridgehead atoms. The van der Waals surface area contributed by atoms with Gasteiger partial charge in [-0.1, -0.05) is 39.0 Å². The highest BCUT2D eigenvalue weighted by atomic mass is 15.1. The molecule has 2 heteroatoms. The molecular weight excluding hydrogens is 208 g/mol. The lowest BCUT2D eigenvalue weighted by atomic mass is 9.85. The molecule has 1 heterocycles. The van der Waals surface area contributed by atoms with E-state index in [2.05, 4.69) is 61.5 Å². The van der Waals surface area contributed by atoms with Crippen LogP contribution in [0.1, 0.15) is 37.7 Å². The molecule has 90 valence electrons. The van der Waals surface area contributed by atoms with Gasteiger partial charge in [-0.25, -0.2) is 4.98 Å². The van der Waals surface area contributed by atoms with Crippen LogP contribution in [0.4, 0.5) is 0 Å². The highest BCUT2D eigenvalue weighted by Crippen LogP contribution is 2.29. The molecular formula is C15H20N2. The minimum Gasteiger partial charge on any atom is -0.303 e. The van der Waals surface area contributed by atoms with Crippen LogP contribution in [0.15, 0.2) is 30.6 Å². The Hall–Kier alpha value is -1.57. The average Bonchev–Trinajstić information content (AvgIpc) is 2.59. The van der Waals surface area contributed by atoms with Gasteiger partial charge in [-0.3, -0.25) is 0 Å². The number of hydrogen-bond donors (Lipinski definition) is 0. The molecule has 17 heavy (non-hydrogen) atoms. The fraction of sp³-hybridized carbons (Fsp3) is 0.400. The van der Waals surface area contributed by atoms with Gasteiger partial charge in [-0.15, -0.1) is 0 Å². The van der Waals surface area contributed by atoms with Gasteiger partial charge in [0.15, 0.2) is 0 Å². The lowest BCUT2D eigenvalue weighted by Gasteiger charge is -2.23. The SMILES string of the molecule is Cc1ncn(-c2ccccc2C(C)(C)C)c1C. The Morgan fingerprint density at radius 3 is 2.24 bits per heavy atom. The van der Waals surface area contributed by atoms with Crippen molar-refractivity contribution >= 4 is 0 Å². The van der Waals surface area contributed by atoms with Gasteiger partial charge >= 0.3 is 0 Å². The van der Waals surface area contributed by atoms with Gasteiger partial charge in [-0.05, 0) is 30.9 Å². The number of aryl methyl sites for hydroxylation is 1. The Morgan fingerprint density at radius 2 is 1.71 bits per heavy atom. The van der Waals surface area contributed by atoms with Crippen molar-refractivity contribution in [2.45, 2.75) is 40.0 Å². The first kappa shape index (κ1) is 11.9. The third-order valence-corrected chi connectivity index (χ3v) is 3.22. The Morgan fingerprint density at radius 1 is 1.06 bits per heavy atom. The van der Waals surface area contributed by atoms with E-state index < -0.39 is 0 Å². The number of benzene rings is 1. The third kappa shape index (κ3) is 2.12. The molecule has 0 N–H and O–H groups in total. The maximum atomic E-state index is 4.38. The van der Waals surface area contributed by atoms with Crippen LogP contribution >= 0.6 is 0 Å². The molecule has 0 atom stereocenters. The van der Waals surface area contributed by atoms with E-state index >= 15 is 0 Å². The number of para-hydroxylation sites is 1. The van der Waals surface area contributed by atoms with Crippen LogP contribution in [0.5, 0.6) is 0 Å². The molecule has 2 rings (SSSR count). The molecule has 0 fully saturated rings. The molecule has 0 saturated heterocycles. The van der Waals surface area contributed by atoms with E-state index in [1.807, 2.05) is 13.3 Å². The van der Waals surface area contributed by atoms with Crippen molar-refractivity contribution in [1.29, 1.82) is 0 Å². The van der Waals surface area contributed by atoms with E-state index in [1.165, 1.54) is 16.9 Å². The number of hydrogen-bond acceptors (Lipinski definition) is 1. The summed E-state index contributed by atoms with van der Waals surface area (Å²) in [5.74, 6) is 0. The molecule has 0 aliphatic rings. The normalized spacial score (nSPS) is 11.8. The van der Waals surface area contributed by atoms with Gasteiger partial charge in [0.2, 0.25) is 0 Å².